The van der Waals surface area contributed by atoms with E-state index in [9.17, 15) is 4.39 Å². The van der Waals surface area contributed by atoms with Crippen LogP contribution in [0.3, 0.4) is 0 Å². The Kier molecular flexibility index (Phi) is 1.85. The summed E-state index contributed by atoms with van der Waals surface area (Å²) < 4.78 is 12.9. The van der Waals surface area contributed by atoms with Crippen LogP contribution in [0.15, 0.2) is 30.5 Å². The molecule has 0 saturated carbocycles. The van der Waals surface area contributed by atoms with Crippen LogP contribution in [-0.2, 0) is 0 Å². The zero-order valence-corrected chi connectivity index (χ0v) is 7.21. The SMILES string of the molecule is Cc1[nH]ncc1-c1cccc(F)c1. The third kappa shape index (κ3) is 1.45. The summed E-state index contributed by atoms with van der Waals surface area (Å²) in [4.78, 5) is 0. The van der Waals surface area contributed by atoms with Crippen molar-refractivity contribution < 1.29 is 4.39 Å². The van der Waals surface area contributed by atoms with Gasteiger partial charge in [0, 0.05) is 11.3 Å². The number of nitrogens with one attached hydrogen (secondary N) is 1. The minimum absolute atomic E-state index is 0.224. The van der Waals surface area contributed by atoms with E-state index >= 15 is 0 Å². The maximum absolute atomic E-state index is 12.9. The molecule has 1 heterocycles. The van der Waals surface area contributed by atoms with Gasteiger partial charge in [0.1, 0.15) is 5.82 Å². The minimum atomic E-state index is -0.224. The third-order valence-corrected chi connectivity index (χ3v) is 1.97. The van der Waals surface area contributed by atoms with Gasteiger partial charge in [-0.2, -0.15) is 5.10 Å². The molecule has 0 aliphatic carbocycles. The van der Waals surface area contributed by atoms with Gasteiger partial charge in [0.05, 0.1) is 6.20 Å². The van der Waals surface area contributed by atoms with Crippen LogP contribution in [0, 0.1) is 12.7 Å². The summed E-state index contributed by atoms with van der Waals surface area (Å²) in [5.74, 6) is -0.224. The molecule has 0 saturated heterocycles. The molecule has 2 nitrogen and oxygen atoms in total. The second-order valence-electron chi connectivity index (χ2n) is 2.92. The first-order chi connectivity index (χ1) is 6.27. The Labute approximate surface area is 75.4 Å². The standard InChI is InChI=1S/C10H9FN2/c1-7-10(6-12-13-7)8-3-2-4-9(11)5-8/h2-6H,1H3,(H,12,13). The molecule has 3 heteroatoms. The van der Waals surface area contributed by atoms with E-state index in [0.29, 0.717) is 0 Å². The first-order valence-electron chi connectivity index (χ1n) is 4.03. The fraction of sp³-hybridized carbons (Fsp3) is 0.100. The summed E-state index contributed by atoms with van der Waals surface area (Å²) in [6.07, 6.45) is 1.70. The number of aromatic nitrogens is 2. The van der Waals surface area contributed by atoms with E-state index in [1.807, 2.05) is 13.0 Å². The number of benzene rings is 1. The van der Waals surface area contributed by atoms with Crippen LogP contribution in [0.4, 0.5) is 4.39 Å². The smallest absolute Gasteiger partial charge is 0.123 e. The zero-order chi connectivity index (χ0) is 9.26. The number of halogens is 1. The van der Waals surface area contributed by atoms with Crippen molar-refractivity contribution in [1.29, 1.82) is 0 Å². The van der Waals surface area contributed by atoms with Crippen molar-refractivity contribution in [1.82, 2.24) is 10.2 Å². The van der Waals surface area contributed by atoms with Gasteiger partial charge in [0.2, 0.25) is 0 Å². The van der Waals surface area contributed by atoms with Crippen LogP contribution in [-0.4, -0.2) is 10.2 Å². The average Bonchev–Trinajstić information content (AvgIpc) is 2.51. The molecule has 1 N–H and O–H groups in total. The minimum Gasteiger partial charge on any atom is -0.282 e. The maximum atomic E-state index is 12.9. The number of H-pyrrole nitrogens is 1. The van der Waals surface area contributed by atoms with E-state index in [2.05, 4.69) is 10.2 Å². The van der Waals surface area contributed by atoms with Crippen LogP contribution in [0.2, 0.25) is 0 Å². The largest absolute Gasteiger partial charge is 0.282 e. The van der Waals surface area contributed by atoms with Crippen molar-refractivity contribution in [2.45, 2.75) is 6.92 Å². The van der Waals surface area contributed by atoms with Crippen LogP contribution in [0.25, 0.3) is 11.1 Å². The summed E-state index contributed by atoms with van der Waals surface area (Å²) in [7, 11) is 0. The molecular weight excluding hydrogens is 167 g/mol. The van der Waals surface area contributed by atoms with Crippen molar-refractivity contribution in [3.8, 4) is 11.1 Å². The van der Waals surface area contributed by atoms with Gasteiger partial charge in [-0.25, -0.2) is 4.39 Å². The van der Waals surface area contributed by atoms with Gasteiger partial charge in [-0.3, -0.25) is 5.10 Å². The molecule has 2 aromatic rings. The van der Waals surface area contributed by atoms with Crippen LogP contribution in [0.5, 0.6) is 0 Å². The van der Waals surface area contributed by atoms with Gasteiger partial charge in [-0.15, -0.1) is 0 Å². The second-order valence-corrected chi connectivity index (χ2v) is 2.92. The van der Waals surface area contributed by atoms with Crippen LogP contribution in [0.1, 0.15) is 5.69 Å². The fourth-order valence-corrected chi connectivity index (χ4v) is 1.30. The molecule has 1 aromatic heterocycles. The van der Waals surface area contributed by atoms with E-state index in [1.165, 1.54) is 12.1 Å². The molecular formula is C10H9FN2. The summed E-state index contributed by atoms with van der Waals surface area (Å²) >= 11 is 0. The Morgan fingerprint density at radius 1 is 1.38 bits per heavy atom. The first kappa shape index (κ1) is 7.98. The lowest BCUT2D eigenvalue weighted by Gasteiger charge is -1.98. The highest BCUT2D eigenvalue weighted by Crippen LogP contribution is 2.21. The molecule has 0 radical (unpaired) electrons. The summed E-state index contributed by atoms with van der Waals surface area (Å²) in [6.45, 7) is 1.91. The van der Waals surface area contributed by atoms with E-state index in [1.54, 1.807) is 12.3 Å². The van der Waals surface area contributed by atoms with Crippen molar-refractivity contribution in [3.63, 3.8) is 0 Å². The molecule has 0 unspecified atom stereocenters. The highest BCUT2D eigenvalue weighted by molar-refractivity contribution is 5.64. The topological polar surface area (TPSA) is 28.7 Å². The number of hydrogen-bond acceptors (Lipinski definition) is 1. The monoisotopic (exact) mass is 176 g/mol. The summed E-state index contributed by atoms with van der Waals surface area (Å²) in [5.41, 5.74) is 2.75. The quantitative estimate of drug-likeness (QED) is 0.710. The van der Waals surface area contributed by atoms with Crippen molar-refractivity contribution in [3.05, 3.63) is 42.0 Å². The number of hydrogen-bond donors (Lipinski definition) is 1. The molecule has 0 bridgehead atoms. The van der Waals surface area contributed by atoms with Crippen molar-refractivity contribution in [2.24, 2.45) is 0 Å². The van der Waals surface area contributed by atoms with Gasteiger partial charge in [-0.05, 0) is 24.6 Å². The Morgan fingerprint density at radius 3 is 2.85 bits per heavy atom. The Morgan fingerprint density at radius 2 is 2.23 bits per heavy atom. The van der Waals surface area contributed by atoms with Gasteiger partial charge in [-0.1, -0.05) is 12.1 Å². The number of rotatable bonds is 1. The molecule has 1 aromatic carbocycles. The molecule has 0 amide bonds. The molecule has 0 aliphatic heterocycles. The average molecular weight is 176 g/mol. The lowest BCUT2D eigenvalue weighted by Crippen LogP contribution is -1.80. The Bertz CT molecular complexity index is 420. The third-order valence-electron chi connectivity index (χ3n) is 1.97. The van der Waals surface area contributed by atoms with Gasteiger partial charge >= 0.3 is 0 Å². The summed E-state index contributed by atoms with van der Waals surface area (Å²) in [6, 6.07) is 6.48. The highest BCUT2D eigenvalue weighted by atomic mass is 19.1. The Hall–Kier alpha value is -1.64. The van der Waals surface area contributed by atoms with Crippen molar-refractivity contribution in [2.75, 3.05) is 0 Å². The molecule has 13 heavy (non-hydrogen) atoms. The number of aromatic amines is 1. The predicted octanol–water partition coefficient (Wildman–Crippen LogP) is 2.52. The van der Waals surface area contributed by atoms with Gasteiger partial charge < -0.3 is 0 Å². The fourth-order valence-electron chi connectivity index (χ4n) is 1.30. The maximum Gasteiger partial charge on any atom is 0.123 e. The van der Waals surface area contributed by atoms with Crippen LogP contribution < -0.4 is 0 Å². The highest BCUT2D eigenvalue weighted by Gasteiger charge is 2.03. The zero-order valence-electron chi connectivity index (χ0n) is 7.21. The lowest BCUT2D eigenvalue weighted by molar-refractivity contribution is 0.628. The molecule has 66 valence electrons. The van der Waals surface area contributed by atoms with E-state index < -0.39 is 0 Å². The van der Waals surface area contributed by atoms with Gasteiger partial charge in [0.25, 0.3) is 0 Å². The number of nitrogens with zero attached hydrogens (tertiary/aromatic N) is 1. The molecule has 0 aliphatic rings. The van der Waals surface area contributed by atoms with E-state index in [0.717, 1.165) is 16.8 Å². The van der Waals surface area contributed by atoms with Crippen LogP contribution >= 0.6 is 0 Å². The lowest BCUT2D eigenvalue weighted by atomic mass is 10.1. The number of aryl methyl sites for hydroxylation is 1. The van der Waals surface area contributed by atoms with E-state index in [-0.39, 0.29) is 5.82 Å². The summed E-state index contributed by atoms with van der Waals surface area (Å²) in [5, 5.41) is 6.69. The molecule has 0 atom stereocenters. The Balaban J connectivity index is 2.53. The predicted molar refractivity (Wildman–Crippen MR) is 48.7 cm³/mol. The normalized spacial score (nSPS) is 10.3. The van der Waals surface area contributed by atoms with Gasteiger partial charge in [0.15, 0.2) is 0 Å². The van der Waals surface area contributed by atoms with E-state index in [4.69, 9.17) is 0 Å². The van der Waals surface area contributed by atoms with Crippen molar-refractivity contribution >= 4 is 0 Å². The second kappa shape index (κ2) is 3.01. The first-order valence-corrected chi connectivity index (χ1v) is 4.03. The molecule has 2 rings (SSSR count). The molecule has 0 fully saturated rings. The molecule has 0 spiro atoms.